The second kappa shape index (κ2) is 6.57. The van der Waals surface area contributed by atoms with E-state index in [0.717, 1.165) is 18.5 Å². The van der Waals surface area contributed by atoms with Gasteiger partial charge in [0.05, 0.1) is 5.56 Å². The van der Waals surface area contributed by atoms with Crippen molar-refractivity contribution in [3.8, 4) is 5.75 Å². The number of nitrogens with zero attached hydrogens (tertiary/aromatic N) is 1. The van der Waals surface area contributed by atoms with Crippen molar-refractivity contribution in [1.29, 1.82) is 0 Å². The highest BCUT2D eigenvalue weighted by Gasteiger charge is 2.12. The van der Waals surface area contributed by atoms with Crippen molar-refractivity contribution < 1.29 is 9.90 Å². The van der Waals surface area contributed by atoms with E-state index in [4.69, 9.17) is 0 Å². The predicted molar refractivity (Wildman–Crippen MR) is 75.5 cm³/mol. The van der Waals surface area contributed by atoms with Gasteiger partial charge in [0.15, 0.2) is 0 Å². The van der Waals surface area contributed by atoms with Gasteiger partial charge in [-0.15, -0.1) is 0 Å². The Balaban J connectivity index is 1.75. The molecule has 0 unspecified atom stereocenters. The molecule has 2 rings (SSSR count). The highest BCUT2D eigenvalue weighted by Crippen LogP contribution is 2.17. The molecule has 1 aromatic rings. The maximum atomic E-state index is 11.9. The van der Waals surface area contributed by atoms with Crippen LogP contribution < -0.4 is 5.32 Å². The van der Waals surface area contributed by atoms with Gasteiger partial charge in [-0.3, -0.25) is 4.79 Å². The van der Waals surface area contributed by atoms with Crippen LogP contribution in [0.25, 0.3) is 0 Å². The lowest BCUT2D eigenvalue weighted by atomic mass is 10.1. The first kappa shape index (κ1) is 13.9. The summed E-state index contributed by atoms with van der Waals surface area (Å²) < 4.78 is 0. The number of rotatable bonds is 5. The van der Waals surface area contributed by atoms with E-state index in [1.54, 1.807) is 18.2 Å². The summed E-state index contributed by atoms with van der Waals surface area (Å²) in [6, 6.07) is 5.07. The standard InChI is InChI=1S/C15H22N2O2/c1-12-5-6-14(18)13(11-12)15(19)16-7-4-10-17-8-2-3-9-17/h5-6,11,18H,2-4,7-10H2,1H3,(H,16,19). The number of carbonyl (C=O) groups is 1. The molecule has 0 radical (unpaired) electrons. The normalized spacial score (nSPS) is 15.6. The van der Waals surface area contributed by atoms with Gasteiger partial charge in [-0.05, 0) is 58.0 Å². The summed E-state index contributed by atoms with van der Waals surface area (Å²) in [5, 5.41) is 12.5. The third kappa shape index (κ3) is 3.96. The zero-order valence-corrected chi connectivity index (χ0v) is 11.5. The van der Waals surface area contributed by atoms with Gasteiger partial charge in [0.1, 0.15) is 5.75 Å². The number of aryl methyl sites for hydroxylation is 1. The Labute approximate surface area is 114 Å². The molecule has 2 N–H and O–H groups in total. The molecule has 0 aliphatic carbocycles. The lowest BCUT2D eigenvalue weighted by Gasteiger charge is -2.14. The van der Waals surface area contributed by atoms with Gasteiger partial charge in [0.2, 0.25) is 0 Å². The summed E-state index contributed by atoms with van der Waals surface area (Å²) >= 11 is 0. The van der Waals surface area contributed by atoms with Crippen LogP contribution in [0.4, 0.5) is 0 Å². The van der Waals surface area contributed by atoms with E-state index in [1.807, 2.05) is 6.92 Å². The van der Waals surface area contributed by atoms with E-state index in [0.29, 0.717) is 12.1 Å². The van der Waals surface area contributed by atoms with Crippen molar-refractivity contribution in [2.45, 2.75) is 26.2 Å². The van der Waals surface area contributed by atoms with Crippen LogP contribution in [0.15, 0.2) is 18.2 Å². The third-order valence-electron chi connectivity index (χ3n) is 3.53. The van der Waals surface area contributed by atoms with Crippen LogP contribution in [-0.4, -0.2) is 42.1 Å². The zero-order valence-electron chi connectivity index (χ0n) is 11.5. The molecule has 1 fully saturated rings. The molecule has 19 heavy (non-hydrogen) atoms. The smallest absolute Gasteiger partial charge is 0.255 e. The summed E-state index contributed by atoms with van der Waals surface area (Å²) in [5.74, 6) is -0.148. The summed E-state index contributed by atoms with van der Waals surface area (Å²) in [6.45, 7) is 5.98. The third-order valence-corrected chi connectivity index (χ3v) is 3.53. The summed E-state index contributed by atoms with van der Waals surface area (Å²) in [4.78, 5) is 14.4. The lowest BCUT2D eigenvalue weighted by molar-refractivity contribution is 0.0949. The molecule has 1 aromatic carbocycles. The molecule has 104 valence electrons. The zero-order chi connectivity index (χ0) is 13.7. The number of phenols is 1. The predicted octanol–water partition coefficient (Wildman–Crippen LogP) is 1.92. The lowest BCUT2D eigenvalue weighted by Crippen LogP contribution is -2.28. The van der Waals surface area contributed by atoms with Crippen LogP contribution >= 0.6 is 0 Å². The number of hydrogen-bond acceptors (Lipinski definition) is 3. The number of hydrogen-bond donors (Lipinski definition) is 2. The van der Waals surface area contributed by atoms with E-state index in [1.165, 1.54) is 25.9 Å². The van der Waals surface area contributed by atoms with Gasteiger partial charge >= 0.3 is 0 Å². The molecule has 1 aliphatic heterocycles. The largest absolute Gasteiger partial charge is 0.507 e. The van der Waals surface area contributed by atoms with Crippen molar-refractivity contribution in [2.24, 2.45) is 0 Å². The quantitative estimate of drug-likeness (QED) is 0.797. The fourth-order valence-electron chi connectivity index (χ4n) is 2.44. The van der Waals surface area contributed by atoms with Crippen molar-refractivity contribution >= 4 is 5.91 Å². The number of benzene rings is 1. The summed E-state index contributed by atoms with van der Waals surface area (Å²) in [7, 11) is 0. The van der Waals surface area contributed by atoms with Crippen LogP contribution in [0.1, 0.15) is 35.2 Å². The van der Waals surface area contributed by atoms with Crippen molar-refractivity contribution in [2.75, 3.05) is 26.2 Å². The first-order valence-electron chi connectivity index (χ1n) is 6.97. The molecule has 1 heterocycles. The van der Waals surface area contributed by atoms with Crippen LogP contribution in [0, 0.1) is 6.92 Å². The first-order chi connectivity index (χ1) is 9.16. The molecule has 1 amide bonds. The fraction of sp³-hybridized carbons (Fsp3) is 0.533. The van der Waals surface area contributed by atoms with Crippen LogP contribution in [-0.2, 0) is 0 Å². The molecule has 4 heteroatoms. The second-order valence-electron chi connectivity index (χ2n) is 5.18. The number of aromatic hydroxyl groups is 1. The molecule has 0 saturated carbocycles. The minimum Gasteiger partial charge on any atom is -0.507 e. The first-order valence-corrected chi connectivity index (χ1v) is 6.97. The summed E-state index contributed by atoms with van der Waals surface area (Å²) in [6.07, 6.45) is 3.55. The SMILES string of the molecule is Cc1ccc(O)c(C(=O)NCCCN2CCCC2)c1. The number of carbonyl (C=O) groups excluding carboxylic acids is 1. The summed E-state index contributed by atoms with van der Waals surface area (Å²) in [5.41, 5.74) is 1.33. The molecular formula is C15H22N2O2. The van der Waals surface area contributed by atoms with Crippen molar-refractivity contribution in [3.05, 3.63) is 29.3 Å². The molecular weight excluding hydrogens is 240 g/mol. The second-order valence-corrected chi connectivity index (χ2v) is 5.18. The average molecular weight is 262 g/mol. The van der Waals surface area contributed by atoms with E-state index in [9.17, 15) is 9.90 Å². The molecule has 4 nitrogen and oxygen atoms in total. The molecule has 0 spiro atoms. The molecule has 0 bridgehead atoms. The Morgan fingerprint density at radius 2 is 2.11 bits per heavy atom. The van der Waals surface area contributed by atoms with Gasteiger partial charge in [0.25, 0.3) is 5.91 Å². The molecule has 0 aromatic heterocycles. The Morgan fingerprint density at radius 1 is 1.37 bits per heavy atom. The minimum atomic E-state index is -0.192. The molecule has 0 atom stereocenters. The van der Waals surface area contributed by atoms with Gasteiger partial charge in [-0.1, -0.05) is 11.6 Å². The Morgan fingerprint density at radius 3 is 2.84 bits per heavy atom. The molecule has 1 aliphatic rings. The minimum absolute atomic E-state index is 0.0441. The molecule has 1 saturated heterocycles. The van der Waals surface area contributed by atoms with Gasteiger partial charge in [0, 0.05) is 6.54 Å². The van der Waals surface area contributed by atoms with E-state index in [-0.39, 0.29) is 11.7 Å². The highest BCUT2D eigenvalue weighted by molar-refractivity contribution is 5.96. The number of phenolic OH excluding ortho intramolecular Hbond substituents is 1. The van der Waals surface area contributed by atoms with E-state index < -0.39 is 0 Å². The Kier molecular flexibility index (Phi) is 4.80. The average Bonchev–Trinajstić information content (AvgIpc) is 2.90. The van der Waals surface area contributed by atoms with Gasteiger partial charge in [-0.25, -0.2) is 0 Å². The highest BCUT2D eigenvalue weighted by atomic mass is 16.3. The maximum absolute atomic E-state index is 11.9. The van der Waals surface area contributed by atoms with Gasteiger partial charge < -0.3 is 15.3 Å². The van der Waals surface area contributed by atoms with Crippen LogP contribution in [0.3, 0.4) is 0 Å². The van der Waals surface area contributed by atoms with Crippen LogP contribution in [0.2, 0.25) is 0 Å². The van der Waals surface area contributed by atoms with E-state index in [2.05, 4.69) is 10.2 Å². The maximum Gasteiger partial charge on any atom is 0.255 e. The Bertz CT molecular complexity index is 440. The van der Waals surface area contributed by atoms with Gasteiger partial charge in [-0.2, -0.15) is 0 Å². The van der Waals surface area contributed by atoms with Crippen molar-refractivity contribution in [1.82, 2.24) is 10.2 Å². The number of amides is 1. The van der Waals surface area contributed by atoms with Crippen LogP contribution in [0.5, 0.6) is 5.75 Å². The topological polar surface area (TPSA) is 52.6 Å². The monoisotopic (exact) mass is 262 g/mol. The number of nitrogens with one attached hydrogen (secondary N) is 1. The van der Waals surface area contributed by atoms with E-state index >= 15 is 0 Å². The Hall–Kier alpha value is -1.55. The fourth-order valence-corrected chi connectivity index (χ4v) is 2.44. The van der Waals surface area contributed by atoms with Crippen molar-refractivity contribution in [3.63, 3.8) is 0 Å². The number of likely N-dealkylation sites (tertiary alicyclic amines) is 1.